The van der Waals surface area contributed by atoms with E-state index in [-0.39, 0.29) is 30.7 Å². The molecule has 3 aromatic rings. The van der Waals surface area contributed by atoms with E-state index >= 15 is 0 Å². The normalized spacial score (nSPS) is 14.8. The lowest BCUT2D eigenvalue weighted by Crippen LogP contribution is -2.48. The van der Waals surface area contributed by atoms with Crippen molar-refractivity contribution >= 4 is 42.1 Å². The number of anilines is 1. The Morgan fingerprint density at radius 3 is 2.71 bits per heavy atom. The molecule has 1 aliphatic rings. The predicted molar refractivity (Wildman–Crippen MR) is 114 cm³/mol. The second-order valence-corrected chi connectivity index (χ2v) is 6.83. The number of pyridine rings is 1. The first kappa shape index (κ1) is 22.0. The van der Waals surface area contributed by atoms with E-state index in [4.69, 9.17) is 10.5 Å². The standard InChI is InChI=1S/C20H22N4O2.2ClH/c21-20(9-2-3-10-20)19(25)23-15-6-5-7-17(12-15)26-14-16-13-24-11-4-1-8-18(24)22-16;;/h1,4-8,11-13H,2-3,9-10,14,21H2,(H,23,25);2*1H. The van der Waals surface area contributed by atoms with Crippen molar-refractivity contribution < 1.29 is 9.53 Å². The molecule has 4 rings (SSSR count). The zero-order chi connectivity index (χ0) is 18.0. The number of hydrogen-bond donors (Lipinski definition) is 2. The van der Waals surface area contributed by atoms with Crippen LogP contribution in [0, 0.1) is 0 Å². The highest BCUT2D eigenvalue weighted by Crippen LogP contribution is 2.29. The molecule has 0 spiro atoms. The minimum absolute atomic E-state index is 0. The molecule has 3 N–H and O–H groups in total. The Labute approximate surface area is 176 Å². The van der Waals surface area contributed by atoms with E-state index in [9.17, 15) is 4.79 Å². The lowest BCUT2D eigenvalue weighted by atomic mass is 9.98. The summed E-state index contributed by atoms with van der Waals surface area (Å²) in [5.41, 5.74) is 7.89. The maximum absolute atomic E-state index is 12.4. The number of fused-ring (bicyclic) bond motifs is 1. The van der Waals surface area contributed by atoms with Crippen molar-refractivity contribution in [2.24, 2.45) is 5.73 Å². The number of rotatable bonds is 5. The number of nitrogens with zero attached hydrogens (tertiary/aromatic N) is 2. The number of aromatic nitrogens is 2. The van der Waals surface area contributed by atoms with Gasteiger partial charge in [0.25, 0.3) is 0 Å². The number of hydrogen-bond acceptors (Lipinski definition) is 4. The lowest BCUT2D eigenvalue weighted by molar-refractivity contribution is -0.121. The molecule has 1 aliphatic carbocycles. The van der Waals surface area contributed by atoms with Crippen LogP contribution < -0.4 is 15.8 Å². The molecule has 0 bridgehead atoms. The minimum Gasteiger partial charge on any atom is -0.487 e. The largest absolute Gasteiger partial charge is 0.487 e. The summed E-state index contributed by atoms with van der Waals surface area (Å²) in [5, 5.41) is 2.92. The summed E-state index contributed by atoms with van der Waals surface area (Å²) < 4.78 is 7.79. The van der Waals surface area contributed by atoms with Gasteiger partial charge in [-0.1, -0.05) is 25.0 Å². The van der Waals surface area contributed by atoms with Gasteiger partial charge in [0.15, 0.2) is 0 Å². The average Bonchev–Trinajstić information content (AvgIpc) is 3.27. The molecule has 2 heterocycles. The molecule has 1 saturated carbocycles. The first-order valence-corrected chi connectivity index (χ1v) is 8.88. The minimum atomic E-state index is -0.743. The van der Waals surface area contributed by atoms with Gasteiger partial charge in [-0.25, -0.2) is 4.98 Å². The van der Waals surface area contributed by atoms with Gasteiger partial charge in [0.2, 0.25) is 5.91 Å². The van der Waals surface area contributed by atoms with Crippen LogP contribution in [0.3, 0.4) is 0 Å². The molecule has 1 amide bonds. The van der Waals surface area contributed by atoms with Gasteiger partial charge in [0, 0.05) is 24.1 Å². The van der Waals surface area contributed by atoms with Crippen molar-refractivity contribution in [3.05, 3.63) is 60.6 Å². The topological polar surface area (TPSA) is 81.7 Å². The first-order valence-electron chi connectivity index (χ1n) is 8.88. The molecule has 2 aromatic heterocycles. The molecule has 6 nitrogen and oxygen atoms in total. The Morgan fingerprint density at radius 1 is 1.18 bits per heavy atom. The number of amides is 1. The molecule has 150 valence electrons. The predicted octanol–water partition coefficient (Wildman–Crippen LogP) is 3.97. The van der Waals surface area contributed by atoms with E-state index in [2.05, 4.69) is 10.3 Å². The third-order valence-electron chi connectivity index (χ3n) is 4.84. The number of ether oxygens (including phenoxy) is 1. The van der Waals surface area contributed by atoms with Crippen LogP contribution in [-0.4, -0.2) is 20.8 Å². The Hall–Kier alpha value is -2.28. The molecule has 0 saturated heterocycles. The quantitative estimate of drug-likeness (QED) is 0.651. The summed E-state index contributed by atoms with van der Waals surface area (Å²) in [7, 11) is 0. The van der Waals surface area contributed by atoms with Crippen LogP contribution in [0.5, 0.6) is 5.75 Å². The zero-order valence-electron chi connectivity index (χ0n) is 15.3. The fraction of sp³-hybridized carbons (Fsp3) is 0.300. The molecule has 0 radical (unpaired) electrons. The van der Waals surface area contributed by atoms with Gasteiger partial charge in [-0.2, -0.15) is 0 Å². The summed E-state index contributed by atoms with van der Waals surface area (Å²) in [6.45, 7) is 0.361. The highest BCUT2D eigenvalue weighted by molar-refractivity contribution is 5.98. The second kappa shape index (κ2) is 9.28. The van der Waals surface area contributed by atoms with Gasteiger partial charge in [-0.3, -0.25) is 4.79 Å². The summed E-state index contributed by atoms with van der Waals surface area (Å²) in [4.78, 5) is 16.9. The summed E-state index contributed by atoms with van der Waals surface area (Å²) in [5.74, 6) is 0.560. The van der Waals surface area contributed by atoms with Gasteiger partial charge >= 0.3 is 0 Å². The summed E-state index contributed by atoms with van der Waals surface area (Å²) in [6, 6.07) is 13.2. The zero-order valence-corrected chi connectivity index (χ0v) is 17.0. The maximum atomic E-state index is 12.4. The Balaban J connectivity index is 0.00000140. The number of carbonyl (C=O) groups is 1. The number of nitrogens with one attached hydrogen (secondary N) is 1. The lowest BCUT2D eigenvalue weighted by Gasteiger charge is -2.22. The summed E-state index contributed by atoms with van der Waals surface area (Å²) in [6.07, 6.45) is 7.39. The van der Waals surface area contributed by atoms with Crippen molar-refractivity contribution in [2.45, 2.75) is 37.8 Å². The number of imidazole rings is 1. The molecule has 28 heavy (non-hydrogen) atoms. The Kier molecular flexibility index (Phi) is 7.29. The smallest absolute Gasteiger partial charge is 0.244 e. The first-order chi connectivity index (χ1) is 12.6. The van der Waals surface area contributed by atoms with Crippen molar-refractivity contribution in [1.82, 2.24) is 9.38 Å². The third kappa shape index (κ3) is 4.76. The highest BCUT2D eigenvalue weighted by Gasteiger charge is 2.36. The molecular formula is C20H24Cl2N4O2. The van der Waals surface area contributed by atoms with Gasteiger partial charge in [-0.15, -0.1) is 24.8 Å². The monoisotopic (exact) mass is 422 g/mol. The van der Waals surface area contributed by atoms with E-state index < -0.39 is 5.54 Å². The van der Waals surface area contributed by atoms with Gasteiger partial charge < -0.3 is 20.2 Å². The van der Waals surface area contributed by atoms with Crippen LogP contribution >= 0.6 is 24.8 Å². The van der Waals surface area contributed by atoms with Crippen molar-refractivity contribution in [2.75, 3.05) is 5.32 Å². The van der Waals surface area contributed by atoms with E-state index in [0.717, 1.165) is 37.0 Å². The summed E-state index contributed by atoms with van der Waals surface area (Å²) >= 11 is 0. The molecule has 1 aromatic carbocycles. The van der Waals surface area contributed by atoms with Crippen molar-refractivity contribution in [3.63, 3.8) is 0 Å². The molecular weight excluding hydrogens is 399 g/mol. The van der Waals surface area contributed by atoms with Crippen LogP contribution in [0.2, 0.25) is 0 Å². The molecule has 0 atom stereocenters. The molecule has 8 heteroatoms. The van der Waals surface area contributed by atoms with Gasteiger partial charge in [0.1, 0.15) is 18.0 Å². The van der Waals surface area contributed by atoms with E-state index in [0.29, 0.717) is 18.0 Å². The van der Waals surface area contributed by atoms with Crippen molar-refractivity contribution in [3.8, 4) is 5.75 Å². The van der Waals surface area contributed by atoms with Crippen LogP contribution in [0.15, 0.2) is 54.9 Å². The highest BCUT2D eigenvalue weighted by atomic mass is 35.5. The van der Waals surface area contributed by atoms with E-state index in [1.54, 1.807) is 0 Å². The molecule has 0 aliphatic heterocycles. The molecule has 0 unspecified atom stereocenters. The SMILES string of the molecule is Cl.Cl.NC1(C(=O)Nc2cccc(OCc3cn4ccccc4n3)c2)CCCC1. The maximum Gasteiger partial charge on any atom is 0.244 e. The van der Waals surface area contributed by atoms with Crippen LogP contribution in [-0.2, 0) is 11.4 Å². The Bertz CT molecular complexity index is 906. The van der Waals surface area contributed by atoms with E-state index in [1.165, 1.54) is 0 Å². The van der Waals surface area contributed by atoms with Crippen LogP contribution in [0.25, 0.3) is 5.65 Å². The van der Waals surface area contributed by atoms with Crippen LogP contribution in [0.1, 0.15) is 31.4 Å². The number of benzene rings is 1. The third-order valence-corrected chi connectivity index (χ3v) is 4.84. The van der Waals surface area contributed by atoms with Crippen molar-refractivity contribution in [1.29, 1.82) is 0 Å². The Morgan fingerprint density at radius 2 is 1.96 bits per heavy atom. The van der Waals surface area contributed by atoms with Gasteiger partial charge in [0.05, 0.1) is 11.2 Å². The number of halogens is 2. The fourth-order valence-electron chi connectivity index (χ4n) is 3.37. The molecule has 1 fully saturated rings. The van der Waals surface area contributed by atoms with E-state index in [1.807, 2.05) is 59.3 Å². The average molecular weight is 423 g/mol. The number of nitrogens with two attached hydrogens (primary N) is 1. The van der Waals surface area contributed by atoms with Gasteiger partial charge in [-0.05, 0) is 37.1 Å². The van der Waals surface area contributed by atoms with Crippen LogP contribution in [0.4, 0.5) is 5.69 Å². The fourth-order valence-corrected chi connectivity index (χ4v) is 3.37. The number of carbonyl (C=O) groups excluding carboxylic acids is 1. The second-order valence-electron chi connectivity index (χ2n) is 6.83.